The fourth-order valence-corrected chi connectivity index (χ4v) is 2.17. The van der Waals surface area contributed by atoms with Gasteiger partial charge in [0.25, 0.3) is 5.91 Å². The number of benzene rings is 1. The lowest BCUT2D eigenvalue weighted by molar-refractivity contribution is 0.0916. The molecule has 0 spiro atoms. The van der Waals surface area contributed by atoms with Crippen molar-refractivity contribution in [3.05, 3.63) is 44.5 Å². The number of fused-ring (bicyclic) bond motifs is 1. The standard InChI is InChI=1S/C15H20N4O3.ClH/c1-4-19-11-6-5-9(12(20)18-15(2,3)8-16)7-10(11)17-13(21)14(19)22;/h5-7H,4,8,16H2,1-3H3,(H,17,21)(H,18,20);1H. The van der Waals surface area contributed by atoms with Gasteiger partial charge in [0.05, 0.1) is 11.0 Å². The fourth-order valence-electron chi connectivity index (χ4n) is 2.17. The van der Waals surface area contributed by atoms with Crippen LogP contribution in [0.2, 0.25) is 0 Å². The minimum absolute atomic E-state index is 0. The number of aryl methyl sites for hydroxylation is 1. The SMILES string of the molecule is CCn1c(=O)c(=O)[nH]c2cc(C(=O)NC(C)(C)CN)ccc21.Cl. The molecule has 0 aliphatic rings. The molecule has 2 aromatic rings. The number of carbonyl (C=O) groups excluding carboxylic acids is 1. The molecule has 0 atom stereocenters. The zero-order valence-corrected chi connectivity index (χ0v) is 14.1. The minimum atomic E-state index is -0.700. The van der Waals surface area contributed by atoms with Gasteiger partial charge in [0, 0.05) is 24.2 Å². The van der Waals surface area contributed by atoms with Gasteiger partial charge in [-0.05, 0) is 39.0 Å². The van der Waals surface area contributed by atoms with E-state index in [0.717, 1.165) is 0 Å². The first-order chi connectivity index (χ1) is 10.3. The summed E-state index contributed by atoms with van der Waals surface area (Å²) in [5.41, 5.74) is 5.20. The van der Waals surface area contributed by atoms with Crippen LogP contribution in [0.25, 0.3) is 11.0 Å². The Morgan fingerprint density at radius 3 is 2.57 bits per heavy atom. The number of aromatic amines is 1. The Balaban J connectivity index is 0.00000264. The summed E-state index contributed by atoms with van der Waals surface area (Å²) in [5.74, 6) is -0.285. The van der Waals surface area contributed by atoms with E-state index in [4.69, 9.17) is 5.73 Å². The van der Waals surface area contributed by atoms with Crippen molar-refractivity contribution in [2.24, 2.45) is 5.73 Å². The van der Waals surface area contributed by atoms with Crippen molar-refractivity contribution in [3.63, 3.8) is 0 Å². The molecule has 0 saturated carbocycles. The monoisotopic (exact) mass is 340 g/mol. The number of nitrogens with two attached hydrogens (primary N) is 1. The number of hydrogen-bond donors (Lipinski definition) is 3. The molecule has 1 aromatic heterocycles. The zero-order valence-electron chi connectivity index (χ0n) is 13.3. The molecular weight excluding hydrogens is 320 g/mol. The quantitative estimate of drug-likeness (QED) is 0.708. The largest absolute Gasteiger partial charge is 0.346 e. The van der Waals surface area contributed by atoms with E-state index in [-0.39, 0.29) is 18.3 Å². The van der Waals surface area contributed by atoms with Crippen molar-refractivity contribution in [1.29, 1.82) is 0 Å². The number of H-pyrrole nitrogens is 1. The van der Waals surface area contributed by atoms with Gasteiger partial charge in [-0.25, -0.2) is 0 Å². The predicted octanol–water partition coefficient (Wildman–Crippen LogP) is 0.599. The van der Waals surface area contributed by atoms with E-state index in [2.05, 4.69) is 10.3 Å². The molecule has 1 amide bonds. The van der Waals surface area contributed by atoms with Crippen LogP contribution in [0.3, 0.4) is 0 Å². The Bertz CT molecular complexity index is 839. The number of amides is 1. The molecule has 23 heavy (non-hydrogen) atoms. The van der Waals surface area contributed by atoms with Gasteiger partial charge in [-0.3, -0.25) is 14.4 Å². The second-order valence-electron chi connectivity index (χ2n) is 5.78. The molecule has 0 saturated heterocycles. The molecule has 8 heteroatoms. The molecule has 0 radical (unpaired) electrons. The Morgan fingerprint density at radius 1 is 1.35 bits per heavy atom. The highest BCUT2D eigenvalue weighted by atomic mass is 35.5. The van der Waals surface area contributed by atoms with Gasteiger partial charge in [-0.2, -0.15) is 0 Å². The smallest absolute Gasteiger partial charge is 0.316 e. The molecule has 4 N–H and O–H groups in total. The van der Waals surface area contributed by atoms with Crippen LogP contribution in [0.5, 0.6) is 0 Å². The number of halogens is 1. The summed E-state index contributed by atoms with van der Waals surface area (Å²) in [5, 5.41) is 2.82. The summed E-state index contributed by atoms with van der Waals surface area (Å²) < 4.78 is 1.37. The van der Waals surface area contributed by atoms with Crippen molar-refractivity contribution in [2.75, 3.05) is 6.54 Å². The second-order valence-corrected chi connectivity index (χ2v) is 5.78. The fraction of sp³-hybridized carbons (Fsp3) is 0.400. The van der Waals surface area contributed by atoms with Crippen LogP contribution in [-0.4, -0.2) is 27.5 Å². The number of nitrogens with one attached hydrogen (secondary N) is 2. The Labute approximate surface area is 139 Å². The van der Waals surface area contributed by atoms with Crippen molar-refractivity contribution in [2.45, 2.75) is 32.9 Å². The Morgan fingerprint density at radius 2 is 2.00 bits per heavy atom. The number of carbonyl (C=O) groups is 1. The maximum Gasteiger partial charge on any atom is 0.316 e. The van der Waals surface area contributed by atoms with Gasteiger partial charge < -0.3 is 20.6 Å². The average Bonchev–Trinajstić information content (AvgIpc) is 2.47. The van der Waals surface area contributed by atoms with Crippen LogP contribution in [0, 0.1) is 0 Å². The van der Waals surface area contributed by atoms with E-state index < -0.39 is 16.7 Å². The first kappa shape index (κ1) is 18.9. The van der Waals surface area contributed by atoms with Gasteiger partial charge in [0.2, 0.25) is 0 Å². The topological polar surface area (TPSA) is 110 Å². The van der Waals surface area contributed by atoms with E-state index in [1.54, 1.807) is 25.1 Å². The van der Waals surface area contributed by atoms with Crippen LogP contribution >= 0.6 is 12.4 Å². The molecule has 1 aromatic carbocycles. The molecule has 0 unspecified atom stereocenters. The van der Waals surface area contributed by atoms with Gasteiger partial charge in [-0.15, -0.1) is 12.4 Å². The van der Waals surface area contributed by atoms with Gasteiger partial charge in [-0.1, -0.05) is 0 Å². The highest BCUT2D eigenvalue weighted by molar-refractivity contribution is 5.97. The van der Waals surface area contributed by atoms with Crippen molar-refractivity contribution < 1.29 is 4.79 Å². The Hall–Kier alpha value is -2.12. The van der Waals surface area contributed by atoms with E-state index in [1.807, 2.05) is 13.8 Å². The molecule has 0 aliphatic heterocycles. The maximum absolute atomic E-state index is 12.2. The number of nitrogens with zero attached hydrogens (tertiary/aromatic N) is 1. The van der Waals surface area contributed by atoms with Crippen molar-refractivity contribution in [1.82, 2.24) is 14.9 Å². The van der Waals surface area contributed by atoms with Gasteiger partial charge in [0.15, 0.2) is 0 Å². The van der Waals surface area contributed by atoms with E-state index in [9.17, 15) is 14.4 Å². The third-order valence-corrected chi connectivity index (χ3v) is 3.52. The summed E-state index contributed by atoms with van der Waals surface area (Å²) in [4.78, 5) is 38.2. The number of aromatic nitrogens is 2. The van der Waals surface area contributed by atoms with Gasteiger partial charge >= 0.3 is 11.1 Å². The van der Waals surface area contributed by atoms with Crippen LogP contribution in [0.1, 0.15) is 31.1 Å². The maximum atomic E-state index is 12.2. The molecule has 0 bridgehead atoms. The van der Waals surface area contributed by atoms with Crippen LogP contribution in [-0.2, 0) is 6.54 Å². The van der Waals surface area contributed by atoms with Crippen LogP contribution < -0.4 is 22.2 Å². The first-order valence-corrected chi connectivity index (χ1v) is 7.08. The lowest BCUT2D eigenvalue weighted by Gasteiger charge is -2.24. The average molecular weight is 341 g/mol. The van der Waals surface area contributed by atoms with E-state index in [1.165, 1.54) is 4.57 Å². The third-order valence-electron chi connectivity index (χ3n) is 3.52. The summed E-state index contributed by atoms with van der Waals surface area (Å²) in [7, 11) is 0. The molecule has 2 rings (SSSR count). The lowest BCUT2D eigenvalue weighted by Crippen LogP contribution is -2.48. The van der Waals surface area contributed by atoms with Crippen LogP contribution in [0.4, 0.5) is 0 Å². The predicted molar refractivity (Wildman–Crippen MR) is 92.4 cm³/mol. The molecule has 126 valence electrons. The number of hydrogen-bond acceptors (Lipinski definition) is 4. The third kappa shape index (κ3) is 3.80. The van der Waals surface area contributed by atoms with Crippen molar-refractivity contribution >= 4 is 29.3 Å². The minimum Gasteiger partial charge on any atom is -0.346 e. The zero-order chi connectivity index (χ0) is 16.5. The first-order valence-electron chi connectivity index (χ1n) is 7.08. The summed E-state index contributed by atoms with van der Waals surface area (Å²) in [6.07, 6.45) is 0. The summed E-state index contributed by atoms with van der Waals surface area (Å²) >= 11 is 0. The molecular formula is C15H21ClN4O3. The second kappa shape index (κ2) is 6.97. The number of rotatable bonds is 4. The Kier molecular flexibility index (Phi) is 5.74. The highest BCUT2D eigenvalue weighted by Crippen LogP contribution is 2.12. The molecule has 1 heterocycles. The lowest BCUT2D eigenvalue weighted by atomic mass is 10.0. The van der Waals surface area contributed by atoms with Crippen LogP contribution in [0.15, 0.2) is 27.8 Å². The summed E-state index contributed by atoms with van der Waals surface area (Å²) in [6, 6.07) is 4.83. The van der Waals surface area contributed by atoms with Gasteiger partial charge in [0.1, 0.15) is 0 Å². The summed E-state index contributed by atoms with van der Waals surface area (Å²) in [6.45, 7) is 6.11. The highest BCUT2D eigenvalue weighted by Gasteiger charge is 2.19. The van der Waals surface area contributed by atoms with E-state index >= 15 is 0 Å². The molecule has 0 aliphatic carbocycles. The molecule has 0 fully saturated rings. The van der Waals surface area contributed by atoms with Crippen molar-refractivity contribution in [3.8, 4) is 0 Å². The van der Waals surface area contributed by atoms with E-state index in [0.29, 0.717) is 29.7 Å². The normalized spacial score (nSPS) is 11.1. The molecule has 7 nitrogen and oxygen atoms in total.